The number of nitrogens with one attached hydrogen (secondary N) is 1. The third-order valence-electron chi connectivity index (χ3n) is 2.57. The average Bonchev–Trinajstić information content (AvgIpc) is 2.72. The first-order chi connectivity index (χ1) is 8.88. The number of nitrogens with zero attached hydrogens (tertiary/aromatic N) is 2. The smallest absolute Gasteiger partial charge is 0.317 e. The van der Waals surface area contributed by atoms with Crippen molar-refractivity contribution in [1.29, 1.82) is 0 Å². The Morgan fingerprint density at radius 1 is 1.58 bits per heavy atom. The number of rotatable bonds is 6. The Balaban J connectivity index is 2.37. The van der Waals surface area contributed by atoms with Crippen LogP contribution in [0.15, 0.2) is 5.38 Å². The molecule has 106 valence electrons. The van der Waals surface area contributed by atoms with Crippen molar-refractivity contribution in [2.24, 2.45) is 0 Å². The third kappa shape index (κ3) is 5.69. The molecule has 6 nitrogen and oxygen atoms in total. The van der Waals surface area contributed by atoms with Crippen LogP contribution < -0.4 is 5.32 Å². The number of carboxylic acid groups (broad SMARTS) is 1. The third-order valence-corrected chi connectivity index (χ3v) is 3.40. The van der Waals surface area contributed by atoms with Crippen molar-refractivity contribution >= 4 is 23.3 Å². The second kappa shape index (κ2) is 7.08. The van der Waals surface area contributed by atoms with E-state index in [9.17, 15) is 9.59 Å². The molecule has 1 rings (SSSR count). The van der Waals surface area contributed by atoms with Gasteiger partial charge in [0.1, 0.15) is 0 Å². The van der Waals surface area contributed by atoms with Gasteiger partial charge in [0.15, 0.2) is 0 Å². The number of carboxylic acids is 1. The lowest BCUT2D eigenvalue weighted by Crippen LogP contribution is -2.41. The highest BCUT2D eigenvalue weighted by Gasteiger charge is 2.14. The summed E-state index contributed by atoms with van der Waals surface area (Å²) in [5.41, 5.74) is 0.860. The molecule has 1 unspecified atom stereocenters. The number of hydrogen-bond acceptors (Lipinski definition) is 4. The van der Waals surface area contributed by atoms with Crippen molar-refractivity contribution in [3.63, 3.8) is 0 Å². The zero-order valence-corrected chi connectivity index (χ0v) is 12.2. The largest absolute Gasteiger partial charge is 0.481 e. The maximum Gasteiger partial charge on any atom is 0.317 e. The van der Waals surface area contributed by atoms with Gasteiger partial charge in [-0.25, -0.2) is 9.78 Å². The standard InChI is InChI=1S/C12H19N3O3S/c1-8(4-5-11(16)17)13-12(18)15(3)6-10-7-19-9(2)14-10/h7-8H,4-6H2,1-3H3,(H,13,18)(H,16,17). The highest BCUT2D eigenvalue weighted by molar-refractivity contribution is 7.09. The molecule has 0 spiro atoms. The zero-order chi connectivity index (χ0) is 14.4. The lowest BCUT2D eigenvalue weighted by molar-refractivity contribution is -0.137. The van der Waals surface area contributed by atoms with Gasteiger partial charge in [-0.05, 0) is 20.3 Å². The minimum atomic E-state index is -0.854. The number of carbonyl (C=O) groups excluding carboxylic acids is 1. The summed E-state index contributed by atoms with van der Waals surface area (Å²) in [4.78, 5) is 28.1. The van der Waals surface area contributed by atoms with E-state index >= 15 is 0 Å². The van der Waals surface area contributed by atoms with Gasteiger partial charge in [-0.3, -0.25) is 4.79 Å². The summed E-state index contributed by atoms with van der Waals surface area (Å²) in [6.07, 6.45) is 0.473. The molecule has 1 atom stereocenters. The number of aryl methyl sites for hydroxylation is 1. The number of urea groups is 1. The van der Waals surface area contributed by atoms with Gasteiger partial charge in [-0.15, -0.1) is 11.3 Å². The summed E-state index contributed by atoms with van der Waals surface area (Å²) < 4.78 is 0. The molecule has 0 fully saturated rings. The van der Waals surface area contributed by atoms with E-state index in [-0.39, 0.29) is 18.5 Å². The monoisotopic (exact) mass is 285 g/mol. The van der Waals surface area contributed by atoms with Crippen LogP contribution in [0.2, 0.25) is 0 Å². The van der Waals surface area contributed by atoms with Gasteiger partial charge in [-0.2, -0.15) is 0 Å². The molecule has 0 bridgehead atoms. The van der Waals surface area contributed by atoms with E-state index in [0.29, 0.717) is 13.0 Å². The van der Waals surface area contributed by atoms with Gasteiger partial charge in [0, 0.05) is 24.9 Å². The Labute approximate surface area is 116 Å². The van der Waals surface area contributed by atoms with Gasteiger partial charge in [0.2, 0.25) is 0 Å². The van der Waals surface area contributed by atoms with Crippen LogP contribution in [0.1, 0.15) is 30.5 Å². The zero-order valence-electron chi connectivity index (χ0n) is 11.3. The predicted molar refractivity (Wildman–Crippen MR) is 73.2 cm³/mol. The van der Waals surface area contributed by atoms with Gasteiger partial charge < -0.3 is 15.3 Å². The number of carbonyl (C=O) groups is 2. The Hall–Kier alpha value is -1.63. The molecule has 7 heteroatoms. The SMILES string of the molecule is Cc1nc(CN(C)C(=O)NC(C)CCC(=O)O)cs1. The Bertz CT molecular complexity index is 447. The number of thiazole rings is 1. The minimum absolute atomic E-state index is 0.0520. The minimum Gasteiger partial charge on any atom is -0.481 e. The first-order valence-electron chi connectivity index (χ1n) is 6.03. The van der Waals surface area contributed by atoms with Crippen LogP contribution in [0.3, 0.4) is 0 Å². The normalized spacial score (nSPS) is 11.9. The molecule has 1 aromatic rings. The first kappa shape index (κ1) is 15.4. The van der Waals surface area contributed by atoms with Crippen LogP contribution in [0.5, 0.6) is 0 Å². The number of hydrogen-bond donors (Lipinski definition) is 2. The van der Waals surface area contributed by atoms with Crippen LogP contribution in [0.25, 0.3) is 0 Å². The Morgan fingerprint density at radius 3 is 2.79 bits per heavy atom. The van der Waals surface area contributed by atoms with E-state index < -0.39 is 5.97 Å². The first-order valence-corrected chi connectivity index (χ1v) is 6.91. The van der Waals surface area contributed by atoms with Gasteiger partial charge in [-0.1, -0.05) is 0 Å². The van der Waals surface area contributed by atoms with E-state index in [1.807, 2.05) is 12.3 Å². The molecular formula is C12H19N3O3S. The van der Waals surface area contributed by atoms with Crippen molar-refractivity contribution in [2.45, 2.75) is 39.3 Å². The maximum absolute atomic E-state index is 11.9. The van der Waals surface area contributed by atoms with Crippen LogP contribution in [-0.2, 0) is 11.3 Å². The van der Waals surface area contributed by atoms with Gasteiger partial charge in [0.25, 0.3) is 0 Å². The number of aliphatic carboxylic acids is 1. The molecule has 2 amide bonds. The van der Waals surface area contributed by atoms with E-state index in [2.05, 4.69) is 10.3 Å². The van der Waals surface area contributed by atoms with Crippen molar-refractivity contribution in [3.05, 3.63) is 16.1 Å². The second-order valence-corrected chi connectivity index (χ2v) is 5.56. The highest BCUT2D eigenvalue weighted by Crippen LogP contribution is 2.09. The molecule has 0 saturated carbocycles. The summed E-state index contributed by atoms with van der Waals surface area (Å²) >= 11 is 1.55. The molecule has 0 radical (unpaired) electrons. The molecule has 0 aliphatic carbocycles. The maximum atomic E-state index is 11.9. The summed E-state index contributed by atoms with van der Waals surface area (Å²) in [6, 6.07) is -0.383. The molecule has 0 aromatic carbocycles. The predicted octanol–water partition coefficient (Wildman–Crippen LogP) is 1.85. The highest BCUT2D eigenvalue weighted by atomic mass is 32.1. The van der Waals surface area contributed by atoms with Crippen molar-refractivity contribution in [1.82, 2.24) is 15.2 Å². The fourth-order valence-electron chi connectivity index (χ4n) is 1.53. The molecule has 0 saturated heterocycles. The van der Waals surface area contributed by atoms with Gasteiger partial charge >= 0.3 is 12.0 Å². The number of aromatic nitrogens is 1. The Kier molecular flexibility index (Phi) is 5.75. The van der Waals surface area contributed by atoms with Crippen LogP contribution in [0.4, 0.5) is 4.79 Å². The molecule has 2 N–H and O–H groups in total. The van der Waals surface area contributed by atoms with E-state index in [1.165, 1.54) is 4.90 Å². The second-order valence-electron chi connectivity index (χ2n) is 4.50. The number of amides is 2. The lowest BCUT2D eigenvalue weighted by atomic mass is 10.2. The van der Waals surface area contributed by atoms with Crippen LogP contribution in [0, 0.1) is 6.92 Å². The van der Waals surface area contributed by atoms with Crippen molar-refractivity contribution in [2.75, 3.05) is 7.05 Å². The molecule has 1 aromatic heterocycles. The quantitative estimate of drug-likeness (QED) is 0.835. The topological polar surface area (TPSA) is 82.5 Å². The lowest BCUT2D eigenvalue weighted by Gasteiger charge is -2.20. The van der Waals surface area contributed by atoms with Crippen LogP contribution >= 0.6 is 11.3 Å². The molecule has 0 aliphatic heterocycles. The van der Waals surface area contributed by atoms with E-state index in [4.69, 9.17) is 5.11 Å². The molecule has 0 aliphatic rings. The fraction of sp³-hybridized carbons (Fsp3) is 0.583. The Morgan fingerprint density at radius 2 is 2.26 bits per heavy atom. The summed E-state index contributed by atoms with van der Waals surface area (Å²) in [5.74, 6) is -0.854. The summed E-state index contributed by atoms with van der Waals surface area (Å²) in [7, 11) is 1.69. The molecule has 19 heavy (non-hydrogen) atoms. The van der Waals surface area contributed by atoms with Gasteiger partial charge in [0.05, 0.1) is 17.2 Å². The van der Waals surface area contributed by atoms with Crippen molar-refractivity contribution < 1.29 is 14.7 Å². The summed E-state index contributed by atoms with van der Waals surface area (Å²) in [6.45, 7) is 4.16. The van der Waals surface area contributed by atoms with E-state index in [1.54, 1.807) is 25.3 Å². The summed E-state index contributed by atoms with van der Waals surface area (Å²) in [5, 5.41) is 14.2. The molecule has 1 heterocycles. The molecular weight excluding hydrogens is 266 g/mol. The average molecular weight is 285 g/mol. The fourth-order valence-corrected chi connectivity index (χ4v) is 2.13. The van der Waals surface area contributed by atoms with Crippen LogP contribution in [-0.4, -0.2) is 40.1 Å². The van der Waals surface area contributed by atoms with Crippen molar-refractivity contribution in [3.8, 4) is 0 Å². The van der Waals surface area contributed by atoms with E-state index in [0.717, 1.165) is 10.7 Å².